The molecular formula is C17H21ClN4O2. The Labute approximate surface area is 146 Å². The monoisotopic (exact) mass is 348 g/mol. The minimum atomic E-state index is -0.131. The minimum Gasteiger partial charge on any atom is -0.339 e. The van der Waals surface area contributed by atoms with Crippen LogP contribution in [0.25, 0.3) is 0 Å². The number of fused-ring (bicyclic) bond motifs is 1. The molecule has 7 heteroatoms. The number of carbonyl (C=O) groups excluding carboxylic acids is 1. The minimum absolute atomic E-state index is 0. The predicted molar refractivity (Wildman–Crippen MR) is 92.2 cm³/mol. The van der Waals surface area contributed by atoms with Crippen molar-refractivity contribution in [3.8, 4) is 0 Å². The van der Waals surface area contributed by atoms with Crippen molar-refractivity contribution in [1.29, 1.82) is 0 Å². The van der Waals surface area contributed by atoms with Gasteiger partial charge in [-0.2, -0.15) is 4.98 Å². The fourth-order valence-electron chi connectivity index (χ4n) is 3.90. The highest BCUT2D eigenvalue weighted by molar-refractivity contribution is 5.91. The third-order valence-corrected chi connectivity index (χ3v) is 5.06. The molecule has 1 aromatic heterocycles. The molecule has 1 saturated carbocycles. The molecule has 0 unspecified atom stereocenters. The lowest BCUT2D eigenvalue weighted by Gasteiger charge is -2.22. The smallest absolute Gasteiger partial charge is 0.234 e. The molecule has 2 fully saturated rings. The van der Waals surface area contributed by atoms with Gasteiger partial charge in [0, 0.05) is 12.2 Å². The van der Waals surface area contributed by atoms with E-state index in [2.05, 4.69) is 20.8 Å². The highest BCUT2D eigenvalue weighted by atomic mass is 35.5. The van der Waals surface area contributed by atoms with Crippen LogP contribution in [0.4, 0.5) is 5.69 Å². The SMILES string of the molecule is Cl.O=C(Cc1noc([C@@]23CCC[C@@H]2CNC3)n1)Nc1ccccc1. The van der Waals surface area contributed by atoms with Crippen LogP contribution < -0.4 is 10.6 Å². The van der Waals surface area contributed by atoms with E-state index in [4.69, 9.17) is 4.52 Å². The zero-order chi connectivity index (χ0) is 15.7. The number of para-hydroxylation sites is 1. The van der Waals surface area contributed by atoms with Crippen molar-refractivity contribution in [2.75, 3.05) is 18.4 Å². The zero-order valence-electron chi connectivity index (χ0n) is 13.3. The first-order valence-electron chi connectivity index (χ1n) is 8.15. The highest BCUT2D eigenvalue weighted by Gasteiger charge is 2.51. The number of amides is 1. The number of nitrogens with one attached hydrogen (secondary N) is 2. The largest absolute Gasteiger partial charge is 0.339 e. The zero-order valence-corrected chi connectivity index (χ0v) is 14.1. The van der Waals surface area contributed by atoms with Gasteiger partial charge in [0.2, 0.25) is 11.8 Å². The van der Waals surface area contributed by atoms with Gasteiger partial charge in [0.1, 0.15) is 0 Å². The van der Waals surface area contributed by atoms with E-state index < -0.39 is 0 Å². The molecule has 2 atom stereocenters. The quantitative estimate of drug-likeness (QED) is 0.886. The van der Waals surface area contributed by atoms with E-state index in [0.29, 0.717) is 17.6 Å². The molecule has 6 nitrogen and oxygen atoms in total. The number of aromatic nitrogens is 2. The Balaban J connectivity index is 0.00000169. The molecule has 24 heavy (non-hydrogen) atoms. The topological polar surface area (TPSA) is 80.1 Å². The van der Waals surface area contributed by atoms with Gasteiger partial charge in [-0.3, -0.25) is 4.79 Å². The van der Waals surface area contributed by atoms with Gasteiger partial charge in [0.05, 0.1) is 11.8 Å². The predicted octanol–water partition coefficient (Wildman–Crippen LogP) is 2.31. The molecular weight excluding hydrogens is 328 g/mol. The van der Waals surface area contributed by atoms with Crippen LogP contribution in [-0.2, 0) is 16.6 Å². The highest BCUT2D eigenvalue weighted by Crippen LogP contribution is 2.47. The second-order valence-corrected chi connectivity index (χ2v) is 6.48. The van der Waals surface area contributed by atoms with Crippen LogP contribution in [0.15, 0.2) is 34.9 Å². The lowest BCUT2D eigenvalue weighted by atomic mass is 9.80. The van der Waals surface area contributed by atoms with Crippen LogP contribution in [0.1, 0.15) is 31.0 Å². The van der Waals surface area contributed by atoms with Gasteiger partial charge in [-0.25, -0.2) is 0 Å². The number of benzene rings is 1. The summed E-state index contributed by atoms with van der Waals surface area (Å²) < 4.78 is 5.52. The summed E-state index contributed by atoms with van der Waals surface area (Å²) >= 11 is 0. The number of nitrogens with zero attached hydrogens (tertiary/aromatic N) is 2. The van der Waals surface area contributed by atoms with Crippen LogP contribution in [0, 0.1) is 5.92 Å². The first kappa shape index (κ1) is 16.9. The Morgan fingerprint density at radius 2 is 2.21 bits per heavy atom. The van der Waals surface area contributed by atoms with E-state index in [1.165, 1.54) is 12.8 Å². The van der Waals surface area contributed by atoms with E-state index >= 15 is 0 Å². The number of halogens is 1. The van der Waals surface area contributed by atoms with E-state index in [1.54, 1.807) is 0 Å². The number of hydrogen-bond acceptors (Lipinski definition) is 5. The molecule has 2 heterocycles. The van der Waals surface area contributed by atoms with Crippen molar-refractivity contribution in [2.24, 2.45) is 5.92 Å². The Morgan fingerprint density at radius 3 is 3.04 bits per heavy atom. The molecule has 1 aliphatic heterocycles. The van der Waals surface area contributed by atoms with Crippen LogP contribution >= 0.6 is 12.4 Å². The summed E-state index contributed by atoms with van der Waals surface area (Å²) in [6.45, 7) is 1.92. The van der Waals surface area contributed by atoms with Gasteiger partial charge in [0.25, 0.3) is 0 Å². The summed E-state index contributed by atoms with van der Waals surface area (Å²) in [7, 11) is 0. The average molecular weight is 349 g/mol. The third kappa shape index (κ3) is 3.03. The standard InChI is InChI=1S/C17H20N4O2.ClH/c22-15(19-13-6-2-1-3-7-13)9-14-20-16(23-21-14)17-8-4-5-12(17)10-18-11-17;/h1-3,6-7,12,18H,4-5,8-11H2,(H,19,22);1H/t12-,17-;/m1./s1. The Hall–Kier alpha value is -1.92. The normalized spacial score (nSPS) is 25.1. The van der Waals surface area contributed by atoms with Crippen LogP contribution in [0.5, 0.6) is 0 Å². The van der Waals surface area contributed by atoms with Crippen LogP contribution in [0.3, 0.4) is 0 Å². The first-order valence-corrected chi connectivity index (χ1v) is 8.15. The van der Waals surface area contributed by atoms with E-state index in [1.807, 2.05) is 30.3 Å². The third-order valence-electron chi connectivity index (χ3n) is 5.06. The number of carbonyl (C=O) groups is 1. The second kappa shape index (κ2) is 6.91. The van der Waals surface area contributed by atoms with E-state index in [0.717, 1.165) is 25.2 Å². The molecule has 0 bridgehead atoms. The number of hydrogen-bond donors (Lipinski definition) is 2. The second-order valence-electron chi connectivity index (χ2n) is 6.48. The lowest BCUT2D eigenvalue weighted by molar-refractivity contribution is -0.115. The maximum Gasteiger partial charge on any atom is 0.234 e. The summed E-state index contributed by atoms with van der Waals surface area (Å²) in [4.78, 5) is 16.6. The van der Waals surface area contributed by atoms with Crippen molar-refractivity contribution in [3.63, 3.8) is 0 Å². The fraction of sp³-hybridized carbons (Fsp3) is 0.471. The molecule has 2 aromatic rings. The van der Waals surface area contributed by atoms with E-state index in [-0.39, 0.29) is 30.2 Å². The maximum absolute atomic E-state index is 12.1. The molecule has 0 spiro atoms. The van der Waals surface area contributed by atoms with Gasteiger partial charge >= 0.3 is 0 Å². The lowest BCUT2D eigenvalue weighted by Crippen LogP contribution is -2.31. The van der Waals surface area contributed by atoms with Gasteiger partial charge in [-0.05, 0) is 37.4 Å². The van der Waals surface area contributed by atoms with Crippen LogP contribution in [-0.4, -0.2) is 29.1 Å². The molecule has 128 valence electrons. The molecule has 0 radical (unpaired) electrons. The average Bonchev–Trinajstić information content (AvgIpc) is 3.22. The molecule has 2 N–H and O–H groups in total. The molecule has 1 aliphatic carbocycles. The molecule has 1 aromatic carbocycles. The summed E-state index contributed by atoms with van der Waals surface area (Å²) in [5.41, 5.74) is 0.761. The molecule has 4 rings (SSSR count). The van der Waals surface area contributed by atoms with Gasteiger partial charge < -0.3 is 15.2 Å². The fourth-order valence-corrected chi connectivity index (χ4v) is 3.90. The summed E-state index contributed by atoms with van der Waals surface area (Å²) in [5, 5.41) is 10.3. The summed E-state index contributed by atoms with van der Waals surface area (Å²) in [6, 6.07) is 9.38. The van der Waals surface area contributed by atoms with Crippen molar-refractivity contribution >= 4 is 24.0 Å². The maximum atomic E-state index is 12.1. The molecule has 1 amide bonds. The van der Waals surface area contributed by atoms with Crippen molar-refractivity contribution < 1.29 is 9.32 Å². The van der Waals surface area contributed by atoms with Crippen molar-refractivity contribution in [3.05, 3.63) is 42.0 Å². The van der Waals surface area contributed by atoms with Crippen molar-refractivity contribution in [1.82, 2.24) is 15.5 Å². The van der Waals surface area contributed by atoms with Gasteiger partial charge in [0.15, 0.2) is 5.82 Å². The summed E-state index contributed by atoms with van der Waals surface area (Å²) in [5.74, 6) is 1.61. The van der Waals surface area contributed by atoms with Crippen molar-refractivity contribution in [2.45, 2.75) is 31.1 Å². The first-order chi connectivity index (χ1) is 11.3. The summed E-state index contributed by atoms with van der Waals surface area (Å²) in [6.07, 6.45) is 3.63. The number of rotatable bonds is 4. The van der Waals surface area contributed by atoms with E-state index in [9.17, 15) is 4.79 Å². The Kier molecular flexibility index (Phi) is 4.87. The van der Waals surface area contributed by atoms with Gasteiger partial charge in [-0.15, -0.1) is 12.4 Å². The van der Waals surface area contributed by atoms with Crippen LogP contribution in [0.2, 0.25) is 0 Å². The molecule has 1 saturated heterocycles. The van der Waals surface area contributed by atoms with Gasteiger partial charge in [-0.1, -0.05) is 29.8 Å². The molecule has 2 aliphatic rings. The Morgan fingerprint density at radius 1 is 1.38 bits per heavy atom. The number of anilines is 1. The Bertz CT molecular complexity index is 694.